The fraction of sp³-hybridized carbons (Fsp3) is 1.00. The summed E-state index contributed by atoms with van der Waals surface area (Å²) in [5.74, 6) is -0.455. The van der Waals surface area contributed by atoms with Crippen LogP contribution in [0, 0.1) is 0 Å². The van der Waals surface area contributed by atoms with Crippen LogP contribution in [0.15, 0.2) is 0 Å². The number of hydrogen-bond donors (Lipinski definition) is 1. The van der Waals surface area contributed by atoms with Crippen molar-refractivity contribution >= 4 is 10.0 Å². The minimum atomic E-state index is -4.52. The van der Waals surface area contributed by atoms with Gasteiger partial charge < -0.3 is 5.73 Å². The molecule has 4 nitrogen and oxygen atoms in total. The van der Waals surface area contributed by atoms with Crippen molar-refractivity contribution in [1.82, 2.24) is 4.31 Å². The molecule has 0 aliphatic carbocycles. The van der Waals surface area contributed by atoms with Gasteiger partial charge in [-0.1, -0.05) is 6.92 Å². The smallest absolute Gasteiger partial charge is 0.329 e. The number of rotatable bonds is 6. The predicted octanol–water partition coefficient (Wildman–Crippen LogP) is 0.549. The third-order valence-corrected chi connectivity index (χ3v) is 3.45. The van der Waals surface area contributed by atoms with Crippen molar-refractivity contribution in [3.05, 3.63) is 0 Å². The highest BCUT2D eigenvalue weighted by molar-refractivity contribution is 7.89. The van der Waals surface area contributed by atoms with E-state index < -0.39 is 28.5 Å². The number of nitrogens with zero attached hydrogens (tertiary/aromatic N) is 1. The van der Waals surface area contributed by atoms with Crippen LogP contribution in [-0.2, 0) is 10.0 Å². The molecule has 0 amide bonds. The Bertz CT molecular complexity index is 276. The molecule has 0 aromatic heterocycles. The molecule has 0 fully saturated rings. The van der Waals surface area contributed by atoms with E-state index in [0.29, 0.717) is 10.7 Å². The van der Waals surface area contributed by atoms with Crippen LogP contribution in [0.3, 0.4) is 0 Å². The Kier molecular flexibility index (Phi) is 5.54. The summed E-state index contributed by atoms with van der Waals surface area (Å²) in [5.41, 5.74) is 5.03. The Balaban J connectivity index is 4.66. The zero-order valence-corrected chi connectivity index (χ0v) is 9.24. The lowest BCUT2D eigenvalue weighted by molar-refractivity contribution is -0.136. The maximum Gasteiger partial charge on any atom is 0.402 e. The largest absolute Gasteiger partial charge is 0.402 e. The van der Waals surface area contributed by atoms with Crippen LogP contribution in [0.2, 0.25) is 0 Å². The molecular weight excluding hydrogens is 233 g/mol. The average Bonchev–Trinajstić information content (AvgIpc) is 2.01. The third-order valence-electron chi connectivity index (χ3n) is 1.60. The maximum atomic E-state index is 12.1. The summed E-state index contributed by atoms with van der Waals surface area (Å²) in [6.07, 6.45) is -4.18. The van der Waals surface area contributed by atoms with Crippen LogP contribution < -0.4 is 5.73 Å². The third kappa shape index (κ3) is 5.95. The van der Waals surface area contributed by atoms with E-state index in [4.69, 9.17) is 5.73 Å². The van der Waals surface area contributed by atoms with Gasteiger partial charge in [0.05, 0.1) is 5.75 Å². The van der Waals surface area contributed by atoms with Gasteiger partial charge in [0.25, 0.3) is 0 Å². The molecule has 2 N–H and O–H groups in total. The molecule has 0 heterocycles. The van der Waals surface area contributed by atoms with Gasteiger partial charge in [0, 0.05) is 13.1 Å². The van der Waals surface area contributed by atoms with Crippen molar-refractivity contribution in [3.63, 3.8) is 0 Å². The summed E-state index contributed by atoms with van der Waals surface area (Å²) in [6, 6.07) is 0. The van der Waals surface area contributed by atoms with Gasteiger partial charge >= 0.3 is 6.18 Å². The van der Waals surface area contributed by atoms with Gasteiger partial charge in [-0.05, 0) is 6.42 Å². The van der Waals surface area contributed by atoms with Crippen molar-refractivity contribution < 1.29 is 21.6 Å². The molecule has 0 atom stereocenters. The zero-order valence-electron chi connectivity index (χ0n) is 8.42. The summed E-state index contributed by atoms with van der Waals surface area (Å²) in [6.45, 7) is -0.146. The van der Waals surface area contributed by atoms with Crippen molar-refractivity contribution in [3.8, 4) is 0 Å². The monoisotopic (exact) mass is 248 g/mol. The molecular formula is C7H15F3N2O2S. The summed E-state index contributed by atoms with van der Waals surface area (Å²) in [4.78, 5) is 0. The highest BCUT2D eigenvalue weighted by atomic mass is 32.2. The standard InChI is InChI=1S/C7H15F3N2O2S/c1-2-4-12(6-7(8,9)10)15(13,14)5-3-11/h2-6,11H2,1H3. The first-order valence-corrected chi connectivity index (χ1v) is 6.08. The molecule has 0 aliphatic rings. The molecule has 0 unspecified atom stereocenters. The van der Waals surface area contributed by atoms with E-state index in [9.17, 15) is 21.6 Å². The Morgan fingerprint density at radius 2 is 1.87 bits per heavy atom. The molecule has 0 saturated carbocycles. The Morgan fingerprint density at radius 1 is 1.33 bits per heavy atom. The first-order valence-electron chi connectivity index (χ1n) is 4.47. The second-order valence-corrected chi connectivity index (χ2v) is 5.14. The lowest BCUT2D eigenvalue weighted by atomic mass is 10.5. The van der Waals surface area contributed by atoms with Crippen molar-refractivity contribution in [1.29, 1.82) is 0 Å². The first-order chi connectivity index (χ1) is 6.73. The first kappa shape index (κ1) is 14.7. The van der Waals surface area contributed by atoms with Gasteiger partial charge in [-0.15, -0.1) is 0 Å². The summed E-state index contributed by atoms with van der Waals surface area (Å²) >= 11 is 0. The minimum absolute atomic E-state index is 0.137. The van der Waals surface area contributed by atoms with Gasteiger partial charge in [-0.25, -0.2) is 8.42 Å². The lowest BCUT2D eigenvalue weighted by Crippen LogP contribution is -2.41. The molecule has 92 valence electrons. The molecule has 0 aliphatic heterocycles. The van der Waals surface area contributed by atoms with Crippen molar-refractivity contribution in [2.75, 3.05) is 25.4 Å². The van der Waals surface area contributed by atoms with Gasteiger partial charge in [-0.2, -0.15) is 17.5 Å². The van der Waals surface area contributed by atoms with Gasteiger partial charge in [0.15, 0.2) is 0 Å². The van der Waals surface area contributed by atoms with Crippen LogP contribution >= 0.6 is 0 Å². The predicted molar refractivity (Wildman–Crippen MR) is 50.8 cm³/mol. The Labute approximate surface area is 87.3 Å². The van der Waals surface area contributed by atoms with Crippen molar-refractivity contribution in [2.24, 2.45) is 5.73 Å². The fourth-order valence-electron chi connectivity index (χ4n) is 1.04. The molecule has 0 aromatic carbocycles. The number of halogens is 3. The van der Waals surface area contributed by atoms with E-state index >= 15 is 0 Å². The van der Waals surface area contributed by atoms with Crippen LogP contribution in [0.25, 0.3) is 0 Å². The summed E-state index contributed by atoms with van der Waals surface area (Å²) in [7, 11) is -3.88. The quantitative estimate of drug-likeness (QED) is 0.746. The van der Waals surface area contributed by atoms with E-state index in [1.165, 1.54) is 0 Å². The highest BCUT2D eigenvalue weighted by Gasteiger charge is 2.35. The zero-order chi connectivity index (χ0) is 12.1. The highest BCUT2D eigenvalue weighted by Crippen LogP contribution is 2.18. The number of nitrogens with two attached hydrogens (primary N) is 1. The van der Waals surface area contributed by atoms with Crippen LogP contribution in [0.5, 0.6) is 0 Å². The van der Waals surface area contributed by atoms with E-state index in [1.807, 2.05) is 0 Å². The van der Waals surface area contributed by atoms with Gasteiger partial charge in [0.2, 0.25) is 10.0 Å². The van der Waals surface area contributed by atoms with Gasteiger partial charge in [0.1, 0.15) is 6.54 Å². The van der Waals surface area contributed by atoms with Crippen LogP contribution in [-0.4, -0.2) is 44.3 Å². The summed E-state index contributed by atoms with van der Waals surface area (Å²) in [5, 5.41) is 0. The van der Waals surface area contributed by atoms with E-state index in [1.54, 1.807) is 6.92 Å². The van der Waals surface area contributed by atoms with E-state index in [2.05, 4.69) is 0 Å². The number of alkyl halides is 3. The Hall–Kier alpha value is -0.340. The van der Waals surface area contributed by atoms with E-state index in [0.717, 1.165) is 0 Å². The molecule has 0 radical (unpaired) electrons. The molecule has 0 saturated heterocycles. The SMILES string of the molecule is CCCN(CC(F)(F)F)S(=O)(=O)CCN. The molecule has 0 rings (SSSR count). The molecule has 0 aromatic rings. The van der Waals surface area contributed by atoms with Crippen LogP contribution in [0.1, 0.15) is 13.3 Å². The maximum absolute atomic E-state index is 12.1. The number of hydrogen-bond acceptors (Lipinski definition) is 3. The summed E-state index contributed by atoms with van der Waals surface area (Å²) < 4.78 is 59.3. The normalized spacial score (nSPS) is 13.5. The molecule has 0 bridgehead atoms. The molecule has 0 spiro atoms. The Morgan fingerprint density at radius 3 is 2.20 bits per heavy atom. The average molecular weight is 248 g/mol. The molecule has 8 heteroatoms. The van der Waals surface area contributed by atoms with Gasteiger partial charge in [-0.3, -0.25) is 0 Å². The van der Waals surface area contributed by atoms with Crippen LogP contribution in [0.4, 0.5) is 13.2 Å². The lowest BCUT2D eigenvalue weighted by Gasteiger charge is -2.22. The molecule has 15 heavy (non-hydrogen) atoms. The van der Waals surface area contributed by atoms with E-state index in [-0.39, 0.29) is 13.1 Å². The second kappa shape index (κ2) is 5.66. The van der Waals surface area contributed by atoms with Crippen molar-refractivity contribution in [2.45, 2.75) is 19.5 Å². The topological polar surface area (TPSA) is 63.4 Å². The minimum Gasteiger partial charge on any atom is -0.329 e. The fourth-order valence-corrected chi connectivity index (χ4v) is 2.40. The second-order valence-electron chi connectivity index (χ2n) is 3.05. The number of sulfonamides is 1.